The van der Waals surface area contributed by atoms with E-state index in [0.29, 0.717) is 19.3 Å². The standard InChI is InChI=1S/C18H28N2O6/c1-4-25-17(24)12-11-6-7-18(26-11)13(12)16(23)20(8-5-9-21)14(18)15(22)19-10(2)3/h10-14,21H,4-9H2,1-3H3,(H,19,22)/t11-,12+,13+,14-,18+/m0/s1. The number of hydrogen-bond donors (Lipinski definition) is 2. The zero-order valence-electron chi connectivity index (χ0n) is 15.6. The Kier molecular flexibility index (Phi) is 5.25. The summed E-state index contributed by atoms with van der Waals surface area (Å²) in [4.78, 5) is 40.1. The van der Waals surface area contributed by atoms with E-state index in [0.717, 1.165) is 0 Å². The lowest BCUT2D eigenvalue weighted by atomic mass is 9.70. The van der Waals surface area contributed by atoms with Crippen molar-refractivity contribution in [2.45, 2.75) is 63.8 Å². The second kappa shape index (κ2) is 7.15. The summed E-state index contributed by atoms with van der Waals surface area (Å²) in [5, 5.41) is 12.1. The molecule has 8 nitrogen and oxygen atoms in total. The fraction of sp³-hybridized carbons (Fsp3) is 0.833. The van der Waals surface area contributed by atoms with E-state index in [1.54, 1.807) is 6.92 Å². The van der Waals surface area contributed by atoms with Gasteiger partial charge in [0.15, 0.2) is 0 Å². The van der Waals surface area contributed by atoms with Crippen molar-refractivity contribution < 1.29 is 29.0 Å². The number of nitrogens with one attached hydrogen (secondary N) is 1. The lowest BCUT2D eigenvalue weighted by molar-refractivity contribution is -0.154. The van der Waals surface area contributed by atoms with Crippen molar-refractivity contribution in [3.8, 4) is 0 Å². The van der Waals surface area contributed by atoms with Gasteiger partial charge in [-0.1, -0.05) is 0 Å². The number of hydrogen-bond acceptors (Lipinski definition) is 6. The van der Waals surface area contributed by atoms with Gasteiger partial charge >= 0.3 is 5.97 Å². The lowest BCUT2D eigenvalue weighted by Crippen LogP contribution is -2.56. The van der Waals surface area contributed by atoms with E-state index in [2.05, 4.69) is 5.32 Å². The summed E-state index contributed by atoms with van der Waals surface area (Å²) in [6.07, 6.45) is 1.19. The Balaban J connectivity index is 1.96. The quantitative estimate of drug-likeness (QED) is 0.605. The molecule has 3 aliphatic rings. The van der Waals surface area contributed by atoms with E-state index in [1.165, 1.54) is 4.90 Å². The van der Waals surface area contributed by atoms with Crippen LogP contribution in [0.2, 0.25) is 0 Å². The van der Waals surface area contributed by atoms with Crippen LogP contribution in [0.1, 0.15) is 40.0 Å². The number of amides is 2. The normalized spacial score (nSPS) is 35.1. The van der Waals surface area contributed by atoms with Crippen LogP contribution in [0.3, 0.4) is 0 Å². The van der Waals surface area contributed by atoms with E-state index in [1.807, 2.05) is 13.8 Å². The number of fused-ring (bicyclic) bond motifs is 1. The third kappa shape index (κ3) is 2.79. The molecule has 3 rings (SSSR count). The molecule has 26 heavy (non-hydrogen) atoms. The van der Waals surface area contributed by atoms with Gasteiger partial charge in [-0.15, -0.1) is 0 Å². The number of aliphatic hydroxyl groups excluding tert-OH is 1. The van der Waals surface area contributed by atoms with Crippen molar-refractivity contribution in [2.24, 2.45) is 11.8 Å². The maximum atomic E-state index is 13.2. The minimum atomic E-state index is -0.979. The average molecular weight is 368 g/mol. The number of nitrogens with zero attached hydrogens (tertiary/aromatic N) is 1. The van der Waals surface area contributed by atoms with Gasteiger partial charge in [-0.25, -0.2) is 0 Å². The fourth-order valence-corrected chi connectivity index (χ4v) is 4.80. The summed E-state index contributed by atoms with van der Waals surface area (Å²) in [6, 6.07) is -0.856. The molecule has 2 bridgehead atoms. The van der Waals surface area contributed by atoms with Gasteiger partial charge < -0.3 is 24.8 Å². The van der Waals surface area contributed by atoms with Gasteiger partial charge in [-0.3, -0.25) is 14.4 Å². The van der Waals surface area contributed by atoms with Gasteiger partial charge in [0.25, 0.3) is 0 Å². The number of esters is 1. The number of aliphatic hydroxyl groups is 1. The Bertz CT molecular complexity index is 594. The SMILES string of the molecule is CCOC(=O)[C@@H]1[C@@H]2CC[C@]3(O2)[C@H](C(=O)NC(C)C)N(CCCO)C(=O)[C@@H]13. The molecule has 0 aromatic carbocycles. The van der Waals surface area contributed by atoms with Crippen LogP contribution in [0.25, 0.3) is 0 Å². The molecule has 8 heteroatoms. The summed E-state index contributed by atoms with van der Waals surface area (Å²) in [6.45, 7) is 5.86. The maximum Gasteiger partial charge on any atom is 0.312 e. The fourth-order valence-electron chi connectivity index (χ4n) is 4.80. The molecule has 1 spiro atoms. The Morgan fingerprint density at radius 2 is 2.19 bits per heavy atom. The first kappa shape index (κ1) is 19.1. The minimum absolute atomic E-state index is 0.0767. The molecule has 2 N–H and O–H groups in total. The van der Waals surface area contributed by atoms with E-state index >= 15 is 0 Å². The van der Waals surface area contributed by atoms with E-state index in [9.17, 15) is 19.5 Å². The minimum Gasteiger partial charge on any atom is -0.466 e. The Morgan fingerprint density at radius 1 is 1.46 bits per heavy atom. The number of carbonyl (C=O) groups excluding carboxylic acids is 3. The zero-order valence-corrected chi connectivity index (χ0v) is 15.6. The Hall–Kier alpha value is -1.67. The highest BCUT2D eigenvalue weighted by Gasteiger charge is 2.74. The predicted octanol–water partition coefficient (Wildman–Crippen LogP) is -0.169. The molecular formula is C18H28N2O6. The van der Waals surface area contributed by atoms with Gasteiger partial charge in [0.2, 0.25) is 11.8 Å². The van der Waals surface area contributed by atoms with Crippen molar-refractivity contribution >= 4 is 17.8 Å². The van der Waals surface area contributed by atoms with Crippen molar-refractivity contribution in [3.63, 3.8) is 0 Å². The van der Waals surface area contributed by atoms with Crippen molar-refractivity contribution in [1.29, 1.82) is 0 Å². The summed E-state index contributed by atoms with van der Waals surface area (Å²) in [5.74, 6) is -2.29. The number of ether oxygens (including phenoxy) is 2. The molecule has 2 amide bonds. The molecular weight excluding hydrogens is 340 g/mol. The largest absolute Gasteiger partial charge is 0.466 e. The van der Waals surface area contributed by atoms with Gasteiger partial charge in [0.1, 0.15) is 11.6 Å². The number of rotatable bonds is 7. The van der Waals surface area contributed by atoms with Crippen LogP contribution in [-0.4, -0.2) is 71.3 Å². The van der Waals surface area contributed by atoms with Crippen LogP contribution in [0.15, 0.2) is 0 Å². The molecule has 0 unspecified atom stereocenters. The second-order valence-electron chi connectivity index (χ2n) is 7.58. The van der Waals surface area contributed by atoms with Crippen LogP contribution >= 0.6 is 0 Å². The summed E-state index contributed by atoms with van der Waals surface area (Å²) < 4.78 is 11.4. The molecule has 0 aliphatic carbocycles. The molecule has 3 heterocycles. The maximum absolute atomic E-state index is 13.2. The van der Waals surface area contributed by atoms with Crippen molar-refractivity contribution in [3.05, 3.63) is 0 Å². The molecule has 0 saturated carbocycles. The Labute approximate surface area is 153 Å². The zero-order chi connectivity index (χ0) is 19.1. The molecule has 0 aromatic rings. The van der Waals surface area contributed by atoms with Crippen molar-refractivity contribution in [2.75, 3.05) is 19.8 Å². The summed E-state index contributed by atoms with van der Waals surface area (Å²) in [7, 11) is 0. The third-order valence-electron chi connectivity index (χ3n) is 5.60. The molecule has 146 valence electrons. The average Bonchev–Trinajstić information content (AvgIpc) is 3.20. The van der Waals surface area contributed by atoms with E-state index in [4.69, 9.17) is 9.47 Å². The monoisotopic (exact) mass is 368 g/mol. The van der Waals surface area contributed by atoms with Gasteiger partial charge in [-0.05, 0) is 40.0 Å². The first-order valence-corrected chi connectivity index (χ1v) is 9.43. The first-order valence-electron chi connectivity index (χ1n) is 9.43. The molecule has 3 saturated heterocycles. The van der Waals surface area contributed by atoms with Crippen LogP contribution in [-0.2, 0) is 23.9 Å². The van der Waals surface area contributed by atoms with Crippen LogP contribution in [0.4, 0.5) is 0 Å². The third-order valence-corrected chi connectivity index (χ3v) is 5.60. The van der Waals surface area contributed by atoms with Gasteiger partial charge in [0, 0.05) is 19.2 Å². The molecule has 0 radical (unpaired) electrons. The van der Waals surface area contributed by atoms with Crippen LogP contribution < -0.4 is 5.32 Å². The molecule has 3 aliphatic heterocycles. The molecule has 5 atom stereocenters. The van der Waals surface area contributed by atoms with Crippen LogP contribution in [0, 0.1) is 11.8 Å². The predicted molar refractivity (Wildman–Crippen MR) is 90.9 cm³/mol. The van der Waals surface area contributed by atoms with E-state index < -0.39 is 29.4 Å². The van der Waals surface area contributed by atoms with E-state index in [-0.39, 0.29) is 43.7 Å². The van der Waals surface area contributed by atoms with Gasteiger partial charge in [0.05, 0.1) is 24.5 Å². The summed E-state index contributed by atoms with van der Waals surface area (Å²) in [5.41, 5.74) is -0.979. The highest BCUT2D eigenvalue weighted by molar-refractivity contribution is 5.98. The second-order valence-corrected chi connectivity index (χ2v) is 7.58. The van der Waals surface area contributed by atoms with Crippen molar-refractivity contribution in [1.82, 2.24) is 10.2 Å². The van der Waals surface area contributed by atoms with Crippen LogP contribution in [0.5, 0.6) is 0 Å². The lowest BCUT2D eigenvalue weighted by Gasteiger charge is -2.33. The topological polar surface area (TPSA) is 105 Å². The first-order chi connectivity index (χ1) is 12.4. The van der Waals surface area contributed by atoms with Gasteiger partial charge in [-0.2, -0.15) is 0 Å². The smallest absolute Gasteiger partial charge is 0.312 e. The Morgan fingerprint density at radius 3 is 2.81 bits per heavy atom. The highest BCUT2D eigenvalue weighted by atomic mass is 16.6. The summed E-state index contributed by atoms with van der Waals surface area (Å²) >= 11 is 0. The highest BCUT2D eigenvalue weighted by Crippen LogP contribution is 2.58. The molecule has 3 fully saturated rings. The number of carbonyl (C=O) groups is 3. The number of likely N-dealkylation sites (tertiary alicyclic amines) is 1. The molecule has 0 aromatic heterocycles.